The first-order chi connectivity index (χ1) is 15.5. The summed E-state index contributed by atoms with van der Waals surface area (Å²) in [5.41, 5.74) is 3.47. The molecule has 2 unspecified atom stereocenters. The molecule has 9 nitrogen and oxygen atoms in total. The van der Waals surface area contributed by atoms with Gasteiger partial charge in [0.2, 0.25) is 5.91 Å². The maximum absolute atomic E-state index is 13.6. The molecule has 0 saturated carbocycles. The molecule has 2 fully saturated rings. The van der Waals surface area contributed by atoms with Crippen LogP contribution in [0.25, 0.3) is 0 Å². The summed E-state index contributed by atoms with van der Waals surface area (Å²) in [6.45, 7) is 4.58. The van der Waals surface area contributed by atoms with Gasteiger partial charge in [-0.1, -0.05) is 0 Å². The Balaban J connectivity index is 1.30. The lowest BCUT2D eigenvalue weighted by Gasteiger charge is -2.34. The van der Waals surface area contributed by atoms with Gasteiger partial charge in [-0.2, -0.15) is 15.4 Å². The molecule has 2 N–H and O–H groups in total. The minimum atomic E-state index is -0.147. The van der Waals surface area contributed by atoms with Crippen LogP contribution in [0.15, 0.2) is 18.5 Å². The number of rotatable bonds is 4. The Morgan fingerprint density at radius 3 is 2.88 bits per heavy atom. The van der Waals surface area contributed by atoms with Gasteiger partial charge in [-0.25, -0.2) is 0 Å². The fourth-order valence-corrected chi connectivity index (χ4v) is 5.49. The van der Waals surface area contributed by atoms with Gasteiger partial charge in [-0.05, 0) is 56.1 Å². The number of fused-ring (bicyclic) bond motifs is 1. The molecule has 2 aliphatic heterocycles. The first-order valence-corrected chi connectivity index (χ1v) is 11.5. The molecule has 4 heterocycles. The average molecular weight is 439 g/mol. The number of ether oxygens (including phenoxy) is 1. The summed E-state index contributed by atoms with van der Waals surface area (Å²) in [6, 6.07) is 1.82. The summed E-state index contributed by atoms with van der Waals surface area (Å²) in [6.07, 6.45) is 8.32. The van der Waals surface area contributed by atoms with Crippen molar-refractivity contribution >= 4 is 11.8 Å². The highest BCUT2D eigenvalue weighted by atomic mass is 16.5. The molecule has 2 aromatic heterocycles. The Labute approximate surface area is 187 Å². The predicted octanol–water partition coefficient (Wildman–Crippen LogP) is 1.44. The predicted molar refractivity (Wildman–Crippen MR) is 116 cm³/mol. The second kappa shape index (κ2) is 8.61. The standard InChI is InChI=1S/C23H30N6O3/c1-15-8-17(12-24-11-15)21(30)25-13-18-10-23(4-6-32-7-5-23)14-29(18)22(31)16-2-3-19-20(9-16)27-28-26-19/h8,11-12,16,18H,2-7,9-10,13-14H2,1H3,(H,25,30)(H,26,27,28). The number of nitrogens with zero attached hydrogens (tertiary/aromatic N) is 4. The molecular weight excluding hydrogens is 408 g/mol. The summed E-state index contributed by atoms with van der Waals surface area (Å²) in [4.78, 5) is 32.5. The number of aromatic nitrogens is 4. The summed E-state index contributed by atoms with van der Waals surface area (Å²) >= 11 is 0. The van der Waals surface area contributed by atoms with E-state index in [2.05, 4.69) is 25.7 Å². The van der Waals surface area contributed by atoms with Crippen LogP contribution in [-0.2, 0) is 22.4 Å². The summed E-state index contributed by atoms with van der Waals surface area (Å²) in [7, 11) is 0. The van der Waals surface area contributed by atoms with Crippen molar-refractivity contribution in [2.45, 2.75) is 51.5 Å². The molecule has 0 aromatic carbocycles. The monoisotopic (exact) mass is 438 g/mol. The number of carbonyl (C=O) groups is 2. The molecule has 9 heteroatoms. The van der Waals surface area contributed by atoms with Crippen molar-refractivity contribution in [1.82, 2.24) is 30.6 Å². The maximum Gasteiger partial charge on any atom is 0.252 e. The first kappa shape index (κ1) is 21.1. The molecule has 2 saturated heterocycles. The van der Waals surface area contributed by atoms with Crippen LogP contribution in [0.3, 0.4) is 0 Å². The van der Waals surface area contributed by atoms with Crippen molar-refractivity contribution in [1.29, 1.82) is 0 Å². The smallest absolute Gasteiger partial charge is 0.252 e. The van der Waals surface area contributed by atoms with E-state index in [0.29, 0.717) is 18.5 Å². The molecule has 5 rings (SSSR count). The third-order valence-electron chi connectivity index (χ3n) is 7.31. The van der Waals surface area contributed by atoms with Gasteiger partial charge < -0.3 is 15.0 Å². The molecule has 2 amide bonds. The zero-order valence-corrected chi connectivity index (χ0v) is 18.5. The summed E-state index contributed by atoms with van der Waals surface area (Å²) in [5, 5.41) is 14.2. The molecule has 0 radical (unpaired) electrons. The van der Waals surface area contributed by atoms with Crippen LogP contribution < -0.4 is 5.32 Å². The van der Waals surface area contributed by atoms with Gasteiger partial charge in [0.1, 0.15) is 0 Å². The van der Waals surface area contributed by atoms with E-state index >= 15 is 0 Å². The minimum Gasteiger partial charge on any atom is -0.381 e. The number of pyridine rings is 1. The average Bonchev–Trinajstić information content (AvgIpc) is 3.41. The van der Waals surface area contributed by atoms with Gasteiger partial charge in [0.25, 0.3) is 5.91 Å². The molecule has 170 valence electrons. The van der Waals surface area contributed by atoms with Gasteiger partial charge in [0, 0.05) is 57.1 Å². The number of aromatic amines is 1. The molecule has 1 spiro atoms. The fourth-order valence-electron chi connectivity index (χ4n) is 5.49. The SMILES string of the molecule is Cc1cncc(C(=O)NCC2CC3(CCOCC3)CN2C(=O)C2CCc3n[nH]nc3C2)c1. The molecule has 3 aliphatic rings. The van der Waals surface area contributed by atoms with Crippen molar-refractivity contribution in [3.63, 3.8) is 0 Å². The lowest BCUT2D eigenvalue weighted by molar-refractivity contribution is -0.137. The van der Waals surface area contributed by atoms with E-state index < -0.39 is 0 Å². The molecule has 0 bridgehead atoms. The van der Waals surface area contributed by atoms with E-state index in [9.17, 15) is 9.59 Å². The lowest BCUT2D eigenvalue weighted by atomic mass is 9.78. The van der Waals surface area contributed by atoms with Crippen LogP contribution >= 0.6 is 0 Å². The van der Waals surface area contributed by atoms with E-state index in [4.69, 9.17) is 4.74 Å². The van der Waals surface area contributed by atoms with E-state index in [0.717, 1.165) is 68.8 Å². The number of likely N-dealkylation sites (tertiary alicyclic amines) is 1. The fraction of sp³-hybridized carbons (Fsp3) is 0.609. The Hall–Kier alpha value is -2.81. The summed E-state index contributed by atoms with van der Waals surface area (Å²) in [5.74, 6) is -0.0494. The number of aryl methyl sites for hydroxylation is 2. The van der Waals surface area contributed by atoms with E-state index in [1.807, 2.05) is 17.9 Å². The maximum atomic E-state index is 13.6. The highest BCUT2D eigenvalue weighted by Crippen LogP contribution is 2.43. The number of amides is 2. The normalized spacial score (nSPS) is 24.3. The topological polar surface area (TPSA) is 113 Å². The van der Waals surface area contributed by atoms with E-state index in [-0.39, 0.29) is 29.2 Å². The number of carbonyl (C=O) groups excluding carboxylic acids is 2. The molecule has 2 atom stereocenters. The molecule has 32 heavy (non-hydrogen) atoms. The van der Waals surface area contributed by atoms with Crippen LogP contribution in [0, 0.1) is 18.3 Å². The zero-order valence-electron chi connectivity index (χ0n) is 18.5. The second-order valence-electron chi connectivity index (χ2n) is 9.55. The minimum absolute atomic E-state index is 0.0129. The van der Waals surface area contributed by atoms with Gasteiger partial charge in [-0.15, -0.1) is 0 Å². The van der Waals surface area contributed by atoms with Crippen LogP contribution in [0.5, 0.6) is 0 Å². The van der Waals surface area contributed by atoms with E-state index in [1.54, 1.807) is 12.4 Å². The highest BCUT2D eigenvalue weighted by molar-refractivity contribution is 5.94. The van der Waals surface area contributed by atoms with Crippen LogP contribution in [0.4, 0.5) is 0 Å². The van der Waals surface area contributed by atoms with Gasteiger partial charge >= 0.3 is 0 Å². The third-order valence-corrected chi connectivity index (χ3v) is 7.31. The van der Waals surface area contributed by atoms with E-state index in [1.165, 1.54) is 0 Å². The highest BCUT2D eigenvalue weighted by Gasteiger charge is 2.47. The van der Waals surface area contributed by atoms with Crippen molar-refractivity contribution in [3.8, 4) is 0 Å². The quantitative estimate of drug-likeness (QED) is 0.747. The lowest BCUT2D eigenvalue weighted by Crippen LogP contribution is -2.46. The van der Waals surface area contributed by atoms with Gasteiger partial charge in [-0.3, -0.25) is 14.6 Å². The Morgan fingerprint density at radius 1 is 1.25 bits per heavy atom. The zero-order chi connectivity index (χ0) is 22.1. The molecular formula is C23H30N6O3. The number of hydrogen-bond acceptors (Lipinski definition) is 6. The van der Waals surface area contributed by atoms with Gasteiger partial charge in [0.05, 0.1) is 17.0 Å². The number of H-pyrrole nitrogens is 1. The Kier molecular flexibility index (Phi) is 5.67. The Bertz CT molecular complexity index is 999. The first-order valence-electron chi connectivity index (χ1n) is 11.5. The largest absolute Gasteiger partial charge is 0.381 e. The number of nitrogens with one attached hydrogen (secondary N) is 2. The Morgan fingerprint density at radius 2 is 2.06 bits per heavy atom. The van der Waals surface area contributed by atoms with Crippen molar-refractivity contribution in [2.24, 2.45) is 11.3 Å². The van der Waals surface area contributed by atoms with Crippen LogP contribution in [-0.4, -0.2) is 69.5 Å². The van der Waals surface area contributed by atoms with Crippen LogP contribution in [0.2, 0.25) is 0 Å². The summed E-state index contributed by atoms with van der Waals surface area (Å²) < 4.78 is 5.60. The molecule has 1 aliphatic carbocycles. The van der Waals surface area contributed by atoms with Crippen LogP contribution in [0.1, 0.15) is 53.0 Å². The molecule has 2 aromatic rings. The second-order valence-corrected chi connectivity index (χ2v) is 9.55. The van der Waals surface area contributed by atoms with Gasteiger partial charge in [0.15, 0.2) is 0 Å². The number of hydrogen-bond donors (Lipinski definition) is 2. The van der Waals surface area contributed by atoms with Crippen molar-refractivity contribution in [3.05, 3.63) is 41.0 Å². The third kappa shape index (κ3) is 4.13. The van der Waals surface area contributed by atoms with Crippen molar-refractivity contribution in [2.75, 3.05) is 26.3 Å². The van der Waals surface area contributed by atoms with Crippen molar-refractivity contribution < 1.29 is 14.3 Å².